The van der Waals surface area contributed by atoms with E-state index in [9.17, 15) is 14.4 Å². The Bertz CT molecular complexity index is 1120. The molecule has 4 rings (SSSR count). The summed E-state index contributed by atoms with van der Waals surface area (Å²) in [6, 6.07) is 6.36. The molecular weight excluding hydrogens is 398 g/mol. The molecule has 2 amide bonds. The van der Waals surface area contributed by atoms with E-state index in [-0.39, 0.29) is 16.9 Å². The van der Waals surface area contributed by atoms with E-state index in [0.29, 0.717) is 15.9 Å². The molecule has 1 aliphatic rings. The van der Waals surface area contributed by atoms with Crippen molar-refractivity contribution in [2.75, 3.05) is 5.75 Å². The molecule has 0 saturated carbocycles. The van der Waals surface area contributed by atoms with Crippen molar-refractivity contribution in [2.45, 2.75) is 25.8 Å². The number of rotatable bonds is 4. The SMILES string of the molecule is Cc1nc(SCC(=O)ON2C(=O)c3ccccc3C2=O)c2c(C)c(C)sc2n1. The number of hydrogen-bond donors (Lipinski definition) is 0. The third-order valence-corrected chi connectivity index (χ3v) is 6.43. The molecule has 0 atom stereocenters. The van der Waals surface area contributed by atoms with Crippen LogP contribution in [0.3, 0.4) is 0 Å². The van der Waals surface area contributed by atoms with Crippen LogP contribution in [-0.2, 0) is 9.63 Å². The maximum Gasteiger partial charge on any atom is 0.343 e. The molecule has 7 nitrogen and oxygen atoms in total. The Morgan fingerprint density at radius 3 is 2.39 bits per heavy atom. The molecule has 0 saturated heterocycles. The molecule has 1 aliphatic heterocycles. The van der Waals surface area contributed by atoms with Gasteiger partial charge in [-0.2, -0.15) is 0 Å². The van der Waals surface area contributed by atoms with Crippen LogP contribution in [0.1, 0.15) is 37.0 Å². The Labute approximate surface area is 168 Å². The van der Waals surface area contributed by atoms with E-state index in [4.69, 9.17) is 4.84 Å². The zero-order valence-electron chi connectivity index (χ0n) is 15.3. The number of thiophene rings is 1. The summed E-state index contributed by atoms with van der Waals surface area (Å²) in [7, 11) is 0. The summed E-state index contributed by atoms with van der Waals surface area (Å²) in [5.74, 6) is -1.45. The van der Waals surface area contributed by atoms with Crippen molar-refractivity contribution in [3.05, 3.63) is 51.7 Å². The zero-order chi connectivity index (χ0) is 20.0. The predicted molar refractivity (Wildman–Crippen MR) is 105 cm³/mol. The minimum atomic E-state index is -0.700. The van der Waals surface area contributed by atoms with E-state index < -0.39 is 17.8 Å². The normalized spacial score (nSPS) is 13.3. The Hall–Kier alpha value is -2.78. The van der Waals surface area contributed by atoms with Gasteiger partial charge in [0.2, 0.25) is 0 Å². The Kier molecular flexibility index (Phi) is 4.64. The molecule has 0 unspecified atom stereocenters. The van der Waals surface area contributed by atoms with Gasteiger partial charge in [-0.1, -0.05) is 29.0 Å². The summed E-state index contributed by atoms with van der Waals surface area (Å²) in [6.07, 6.45) is 0. The fourth-order valence-electron chi connectivity index (χ4n) is 2.92. The van der Waals surface area contributed by atoms with E-state index in [1.54, 1.807) is 30.4 Å². The number of carbonyl (C=O) groups excluding carboxylic acids is 3. The minimum absolute atomic E-state index is 0.0900. The van der Waals surface area contributed by atoms with Crippen LogP contribution in [0.4, 0.5) is 0 Å². The lowest BCUT2D eigenvalue weighted by molar-refractivity contribution is -0.165. The van der Waals surface area contributed by atoms with Gasteiger partial charge in [0.05, 0.1) is 11.1 Å². The second kappa shape index (κ2) is 6.99. The molecule has 1 aromatic carbocycles. The van der Waals surface area contributed by atoms with Crippen LogP contribution in [0.15, 0.2) is 29.3 Å². The van der Waals surface area contributed by atoms with E-state index in [1.807, 2.05) is 13.8 Å². The largest absolute Gasteiger partial charge is 0.343 e. The molecule has 0 spiro atoms. The number of imide groups is 1. The van der Waals surface area contributed by atoms with Crippen molar-refractivity contribution in [3.63, 3.8) is 0 Å². The van der Waals surface area contributed by atoms with Gasteiger partial charge in [-0.15, -0.1) is 11.3 Å². The predicted octanol–water partition coefficient (Wildman–Crippen LogP) is 3.46. The first-order valence-corrected chi connectivity index (χ1v) is 10.2. The van der Waals surface area contributed by atoms with E-state index >= 15 is 0 Å². The van der Waals surface area contributed by atoms with Crippen molar-refractivity contribution < 1.29 is 19.2 Å². The standard InChI is InChI=1S/C19H15N3O4S2/c1-9-10(2)28-17-15(9)16(20-11(3)21-17)27-8-14(23)26-22-18(24)12-6-4-5-7-13(12)19(22)25/h4-7H,8H2,1-3H3. The second-order valence-electron chi connectivity index (χ2n) is 6.24. The fourth-order valence-corrected chi connectivity index (χ4v) is 4.96. The quantitative estimate of drug-likeness (QED) is 0.368. The van der Waals surface area contributed by atoms with Crippen molar-refractivity contribution in [3.8, 4) is 0 Å². The van der Waals surface area contributed by atoms with Gasteiger partial charge in [-0.3, -0.25) is 9.59 Å². The van der Waals surface area contributed by atoms with Gasteiger partial charge in [-0.25, -0.2) is 14.8 Å². The van der Waals surface area contributed by atoms with Gasteiger partial charge < -0.3 is 4.84 Å². The second-order valence-corrected chi connectivity index (χ2v) is 8.41. The first-order chi connectivity index (χ1) is 13.4. The number of aryl methyl sites for hydroxylation is 3. The fraction of sp³-hybridized carbons (Fsp3) is 0.211. The van der Waals surface area contributed by atoms with Crippen LogP contribution in [0.5, 0.6) is 0 Å². The number of thioether (sulfide) groups is 1. The molecule has 0 aliphatic carbocycles. The first kappa shape index (κ1) is 18.6. The third-order valence-electron chi connectivity index (χ3n) is 4.38. The summed E-state index contributed by atoms with van der Waals surface area (Å²) < 4.78 is 0. The van der Waals surface area contributed by atoms with Crippen molar-refractivity contribution in [1.82, 2.24) is 15.0 Å². The van der Waals surface area contributed by atoms with Crippen LogP contribution in [0.2, 0.25) is 0 Å². The van der Waals surface area contributed by atoms with Gasteiger partial charge in [0.1, 0.15) is 21.4 Å². The number of benzene rings is 1. The maximum atomic E-state index is 12.3. The Morgan fingerprint density at radius 1 is 1.11 bits per heavy atom. The molecule has 0 bridgehead atoms. The van der Waals surface area contributed by atoms with Crippen LogP contribution < -0.4 is 0 Å². The highest BCUT2D eigenvalue weighted by atomic mass is 32.2. The molecular formula is C19H15N3O4S2. The monoisotopic (exact) mass is 413 g/mol. The average molecular weight is 413 g/mol. The lowest BCUT2D eigenvalue weighted by Gasteiger charge is -2.12. The summed E-state index contributed by atoms with van der Waals surface area (Å²) in [5, 5.41) is 2.13. The average Bonchev–Trinajstić information content (AvgIpc) is 3.08. The number of hydrogen-bond acceptors (Lipinski definition) is 8. The summed E-state index contributed by atoms with van der Waals surface area (Å²) >= 11 is 2.78. The van der Waals surface area contributed by atoms with Crippen LogP contribution >= 0.6 is 23.1 Å². The molecule has 9 heteroatoms. The molecule has 142 valence electrons. The van der Waals surface area contributed by atoms with Crippen molar-refractivity contribution >= 4 is 51.1 Å². The summed E-state index contributed by atoms with van der Waals surface area (Å²) in [4.78, 5) is 52.8. The topological polar surface area (TPSA) is 89.5 Å². The highest BCUT2D eigenvalue weighted by Crippen LogP contribution is 2.35. The van der Waals surface area contributed by atoms with Gasteiger partial charge in [0.15, 0.2) is 0 Å². The van der Waals surface area contributed by atoms with Crippen LogP contribution in [0.25, 0.3) is 10.2 Å². The summed E-state index contributed by atoms with van der Waals surface area (Å²) in [5.41, 5.74) is 1.53. The number of nitrogens with zero attached hydrogens (tertiary/aromatic N) is 3. The smallest absolute Gasteiger partial charge is 0.329 e. The van der Waals surface area contributed by atoms with Crippen molar-refractivity contribution in [1.29, 1.82) is 0 Å². The maximum absolute atomic E-state index is 12.3. The van der Waals surface area contributed by atoms with Gasteiger partial charge in [-0.05, 0) is 38.5 Å². The minimum Gasteiger partial charge on any atom is -0.329 e. The van der Waals surface area contributed by atoms with Gasteiger partial charge in [0.25, 0.3) is 11.8 Å². The molecule has 0 radical (unpaired) electrons. The third kappa shape index (κ3) is 3.06. The molecule has 3 heterocycles. The molecule has 0 fully saturated rings. The Balaban J connectivity index is 1.50. The molecule has 3 aromatic rings. The number of fused-ring (bicyclic) bond motifs is 2. The Morgan fingerprint density at radius 2 is 1.75 bits per heavy atom. The van der Waals surface area contributed by atoms with E-state index in [0.717, 1.165) is 20.7 Å². The van der Waals surface area contributed by atoms with E-state index in [1.165, 1.54) is 23.9 Å². The molecule has 2 aromatic heterocycles. The van der Waals surface area contributed by atoms with E-state index in [2.05, 4.69) is 9.97 Å². The highest BCUT2D eigenvalue weighted by Gasteiger charge is 2.38. The number of amides is 2. The number of hydroxylamine groups is 2. The first-order valence-electron chi connectivity index (χ1n) is 8.42. The van der Waals surface area contributed by atoms with Crippen LogP contribution in [0, 0.1) is 20.8 Å². The lowest BCUT2D eigenvalue weighted by Crippen LogP contribution is -2.33. The number of aromatic nitrogens is 2. The van der Waals surface area contributed by atoms with Crippen molar-refractivity contribution in [2.24, 2.45) is 0 Å². The highest BCUT2D eigenvalue weighted by molar-refractivity contribution is 8.00. The molecule has 0 N–H and O–H groups in total. The van der Waals surface area contributed by atoms with Crippen LogP contribution in [-0.4, -0.2) is 38.6 Å². The lowest BCUT2D eigenvalue weighted by atomic mass is 10.1. The van der Waals surface area contributed by atoms with Gasteiger partial charge in [0, 0.05) is 10.3 Å². The zero-order valence-corrected chi connectivity index (χ0v) is 16.9. The van der Waals surface area contributed by atoms with Gasteiger partial charge >= 0.3 is 5.97 Å². The number of carbonyl (C=O) groups is 3. The molecule has 28 heavy (non-hydrogen) atoms. The summed E-state index contributed by atoms with van der Waals surface area (Å²) in [6.45, 7) is 5.81.